The van der Waals surface area contributed by atoms with E-state index in [1.54, 1.807) is 42.5 Å². The molecule has 1 atom stereocenters. The molecule has 0 aliphatic carbocycles. The van der Waals surface area contributed by atoms with Gasteiger partial charge in [0.15, 0.2) is 0 Å². The van der Waals surface area contributed by atoms with Gasteiger partial charge in [-0.2, -0.15) is 0 Å². The van der Waals surface area contributed by atoms with E-state index in [-0.39, 0.29) is 5.69 Å². The third-order valence-electron chi connectivity index (χ3n) is 3.16. The molecule has 2 aromatic rings. The molecule has 0 aromatic heterocycles. The molecule has 108 valence electrons. The zero-order valence-corrected chi connectivity index (χ0v) is 11.8. The van der Waals surface area contributed by atoms with Crippen molar-refractivity contribution in [3.63, 3.8) is 0 Å². The van der Waals surface area contributed by atoms with Crippen LogP contribution in [0, 0.1) is 10.1 Å². The minimum Gasteiger partial charge on any atom is -0.351 e. The van der Waals surface area contributed by atoms with Crippen LogP contribution in [0.4, 0.5) is 5.69 Å². The predicted octanol–water partition coefficient (Wildman–Crippen LogP) is 3.28. The summed E-state index contributed by atoms with van der Waals surface area (Å²) in [6.45, 7) is 0. The maximum Gasteiger partial charge on any atom is 0.272 e. The lowest BCUT2D eigenvalue weighted by molar-refractivity contribution is -0.385. The minimum absolute atomic E-state index is 0.0299. The van der Waals surface area contributed by atoms with Gasteiger partial charge in [0, 0.05) is 23.1 Å². The topological polar surface area (TPSA) is 72.2 Å². The Kier molecular flexibility index (Phi) is 4.90. The molecule has 21 heavy (non-hydrogen) atoms. The van der Waals surface area contributed by atoms with Crippen LogP contribution in [0.3, 0.4) is 0 Å². The summed E-state index contributed by atoms with van der Waals surface area (Å²) in [6.07, 6.45) is 0.863. The van der Waals surface area contributed by atoms with Gasteiger partial charge in [-0.05, 0) is 11.6 Å². The van der Waals surface area contributed by atoms with Crippen LogP contribution < -0.4 is 5.32 Å². The molecule has 0 unspecified atom stereocenters. The number of nitro groups is 1. The second kappa shape index (κ2) is 6.85. The molecule has 0 aliphatic rings. The Balaban J connectivity index is 2.36. The van der Waals surface area contributed by atoms with Crippen molar-refractivity contribution in [3.05, 3.63) is 74.8 Å². The quantitative estimate of drug-likeness (QED) is 0.505. The fourth-order valence-electron chi connectivity index (χ4n) is 2.18. The normalized spacial score (nSPS) is 11.7. The smallest absolute Gasteiger partial charge is 0.272 e. The van der Waals surface area contributed by atoms with Crippen LogP contribution in [0.1, 0.15) is 17.2 Å². The highest BCUT2D eigenvalue weighted by molar-refractivity contribution is 6.31. The van der Waals surface area contributed by atoms with Gasteiger partial charge >= 0.3 is 0 Å². The number of amides is 1. The fourth-order valence-corrected chi connectivity index (χ4v) is 2.45. The number of nitrogens with one attached hydrogen (secondary N) is 1. The Hall–Kier alpha value is -2.40. The molecule has 0 saturated heterocycles. The number of halogens is 1. The summed E-state index contributed by atoms with van der Waals surface area (Å²) in [5.41, 5.74) is 1.30. The fraction of sp³-hybridized carbons (Fsp3) is 0.133. The molecule has 2 aromatic carbocycles. The van der Waals surface area contributed by atoms with Crippen LogP contribution in [0.5, 0.6) is 0 Å². The molecule has 0 heterocycles. The second-order valence-corrected chi connectivity index (χ2v) is 4.86. The van der Waals surface area contributed by atoms with Gasteiger partial charge in [-0.3, -0.25) is 14.9 Å². The predicted molar refractivity (Wildman–Crippen MR) is 80.2 cm³/mol. The van der Waals surface area contributed by atoms with E-state index in [4.69, 9.17) is 11.6 Å². The lowest BCUT2D eigenvalue weighted by atomic mass is 9.98. The van der Waals surface area contributed by atoms with Gasteiger partial charge in [-0.1, -0.05) is 48.0 Å². The van der Waals surface area contributed by atoms with Crippen molar-refractivity contribution in [3.8, 4) is 0 Å². The van der Waals surface area contributed by atoms with Gasteiger partial charge in [0.25, 0.3) is 5.69 Å². The second-order valence-electron chi connectivity index (χ2n) is 4.45. The van der Waals surface area contributed by atoms with Gasteiger partial charge in [-0.25, -0.2) is 0 Å². The molecule has 1 N–H and O–H groups in total. The highest BCUT2D eigenvalue weighted by Gasteiger charge is 2.19. The summed E-state index contributed by atoms with van der Waals surface area (Å²) in [5.74, 6) is 0. The van der Waals surface area contributed by atoms with Crippen molar-refractivity contribution >= 4 is 23.7 Å². The molecule has 0 aliphatic heterocycles. The molecule has 0 saturated carbocycles. The van der Waals surface area contributed by atoms with Crippen LogP contribution >= 0.6 is 11.6 Å². The van der Waals surface area contributed by atoms with Crippen LogP contribution in [0.15, 0.2) is 48.5 Å². The number of nitro benzene ring substituents is 1. The zero-order valence-electron chi connectivity index (χ0n) is 11.0. The first-order valence-electron chi connectivity index (χ1n) is 6.30. The highest BCUT2D eigenvalue weighted by atomic mass is 35.5. The summed E-state index contributed by atoms with van der Waals surface area (Å²) in [4.78, 5) is 21.4. The van der Waals surface area contributed by atoms with Gasteiger partial charge < -0.3 is 5.32 Å². The Morgan fingerprint density at radius 1 is 1.19 bits per heavy atom. The summed E-state index contributed by atoms with van der Waals surface area (Å²) < 4.78 is 0. The van der Waals surface area contributed by atoms with Crippen molar-refractivity contribution in [2.75, 3.05) is 0 Å². The Bertz CT molecular complexity index is 661. The molecule has 0 bridgehead atoms. The van der Waals surface area contributed by atoms with Crippen LogP contribution in [-0.2, 0) is 11.2 Å². The van der Waals surface area contributed by atoms with Crippen molar-refractivity contribution in [1.82, 2.24) is 5.32 Å². The number of carbonyl (C=O) groups is 1. The monoisotopic (exact) mass is 304 g/mol. The molecule has 2 rings (SSSR count). The maximum atomic E-state index is 11.1. The van der Waals surface area contributed by atoms with E-state index in [1.807, 2.05) is 0 Å². The molecule has 1 amide bonds. The Morgan fingerprint density at radius 3 is 2.52 bits per heavy atom. The van der Waals surface area contributed by atoms with Crippen molar-refractivity contribution in [1.29, 1.82) is 0 Å². The Labute approximate surface area is 126 Å². The summed E-state index contributed by atoms with van der Waals surface area (Å²) >= 11 is 6.13. The van der Waals surface area contributed by atoms with E-state index in [0.29, 0.717) is 23.4 Å². The zero-order chi connectivity index (χ0) is 15.2. The first-order valence-corrected chi connectivity index (χ1v) is 6.67. The van der Waals surface area contributed by atoms with Gasteiger partial charge in [0.2, 0.25) is 6.41 Å². The van der Waals surface area contributed by atoms with E-state index in [0.717, 1.165) is 5.56 Å². The van der Waals surface area contributed by atoms with Crippen molar-refractivity contribution in [2.24, 2.45) is 0 Å². The van der Waals surface area contributed by atoms with Crippen LogP contribution in [0.25, 0.3) is 0 Å². The number of carbonyl (C=O) groups excluding carboxylic acids is 1. The molecule has 0 fully saturated rings. The number of hydrogen-bond donors (Lipinski definition) is 1. The summed E-state index contributed by atoms with van der Waals surface area (Å²) in [6, 6.07) is 13.1. The van der Waals surface area contributed by atoms with E-state index < -0.39 is 11.0 Å². The lowest BCUT2D eigenvalue weighted by Gasteiger charge is -2.18. The average molecular weight is 305 g/mol. The van der Waals surface area contributed by atoms with Crippen molar-refractivity contribution < 1.29 is 9.72 Å². The minimum atomic E-state index is -0.431. The van der Waals surface area contributed by atoms with E-state index in [1.165, 1.54) is 6.07 Å². The largest absolute Gasteiger partial charge is 0.351 e. The number of para-hydroxylation sites is 1. The average Bonchev–Trinajstić information content (AvgIpc) is 2.48. The van der Waals surface area contributed by atoms with Crippen molar-refractivity contribution in [2.45, 2.75) is 12.5 Å². The third-order valence-corrected chi connectivity index (χ3v) is 3.51. The molecule has 5 nitrogen and oxygen atoms in total. The SMILES string of the molecule is O=CN[C@H](Cc1ccccc1[N+](=O)[O-])c1ccccc1Cl. The van der Waals surface area contributed by atoms with E-state index in [9.17, 15) is 14.9 Å². The standard InChI is InChI=1S/C15H13ClN2O3/c16-13-7-3-2-6-12(13)14(17-10-19)9-11-5-1-4-8-15(11)18(20)21/h1-8,10,14H,9H2,(H,17,19)/t14-/m1/s1. The maximum absolute atomic E-state index is 11.1. The molecule has 6 heteroatoms. The highest BCUT2D eigenvalue weighted by Crippen LogP contribution is 2.28. The number of hydrogen-bond acceptors (Lipinski definition) is 3. The number of rotatable bonds is 6. The molecule has 0 spiro atoms. The third kappa shape index (κ3) is 3.58. The molecule has 0 radical (unpaired) electrons. The summed E-state index contributed by atoms with van der Waals surface area (Å²) in [5, 5.41) is 14.2. The van der Waals surface area contributed by atoms with Gasteiger partial charge in [0.1, 0.15) is 0 Å². The van der Waals surface area contributed by atoms with E-state index in [2.05, 4.69) is 5.32 Å². The van der Waals surface area contributed by atoms with Gasteiger partial charge in [0.05, 0.1) is 11.0 Å². The van der Waals surface area contributed by atoms with Crippen LogP contribution in [-0.4, -0.2) is 11.3 Å². The first-order chi connectivity index (χ1) is 10.1. The molecular formula is C15H13ClN2O3. The lowest BCUT2D eigenvalue weighted by Crippen LogP contribution is -2.22. The van der Waals surface area contributed by atoms with Crippen LogP contribution in [0.2, 0.25) is 5.02 Å². The Morgan fingerprint density at radius 2 is 1.86 bits per heavy atom. The first kappa shape index (κ1) is 15.0. The van der Waals surface area contributed by atoms with Gasteiger partial charge in [-0.15, -0.1) is 0 Å². The number of nitrogens with zero attached hydrogens (tertiary/aromatic N) is 1. The van der Waals surface area contributed by atoms with E-state index >= 15 is 0 Å². The molecular weight excluding hydrogens is 292 g/mol. The number of benzene rings is 2. The summed E-state index contributed by atoms with van der Waals surface area (Å²) in [7, 11) is 0.